The molecule has 1 aromatic heterocycles. The lowest BCUT2D eigenvalue weighted by molar-refractivity contribution is -0.142. The summed E-state index contributed by atoms with van der Waals surface area (Å²) < 4.78 is 0. The smallest absolute Gasteiger partial charge is 0.308 e. The number of hydrogen-bond donors (Lipinski definition) is 1. The molecule has 114 valence electrons. The molecule has 1 saturated heterocycles. The monoisotopic (exact) mass is 297 g/mol. The van der Waals surface area contributed by atoms with Crippen LogP contribution in [-0.4, -0.2) is 34.1 Å². The third-order valence-electron chi connectivity index (χ3n) is 4.01. The summed E-state index contributed by atoms with van der Waals surface area (Å²) in [4.78, 5) is 22.3. The van der Waals surface area contributed by atoms with Crippen molar-refractivity contribution in [2.24, 2.45) is 11.8 Å². The molecule has 5 nitrogen and oxygen atoms in total. The van der Waals surface area contributed by atoms with Crippen molar-refractivity contribution in [3.63, 3.8) is 0 Å². The fraction of sp³-hybridized carbons (Fsp3) is 0.353. The highest BCUT2D eigenvalue weighted by molar-refractivity contribution is 5.71. The highest BCUT2D eigenvalue weighted by Gasteiger charge is 2.30. The summed E-state index contributed by atoms with van der Waals surface area (Å²) in [5, 5.41) is 9.29. The van der Waals surface area contributed by atoms with Crippen LogP contribution in [0.3, 0.4) is 0 Å². The summed E-state index contributed by atoms with van der Waals surface area (Å²) in [7, 11) is 0. The second kappa shape index (κ2) is 6.13. The molecule has 0 spiro atoms. The first-order chi connectivity index (χ1) is 10.6. The van der Waals surface area contributed by atoms with Crippen molar-refractivity contribution < 1.29 is 9.90 Å². The van der Waals surface area contributed by atoms with Gasteiger partial charge in [0.1, 0.15) is 5.82 Å². The van der Waals surface area contributed by atoms with Crippen LogP contribution in [0.1, 0.15) is 13.3 Å². The van der Waals surface area contributed by atoms with Gasteiger partial charge in [-0.15, -0.1) is 0 Å². The summed E-state index contributed by atoms with van der Waals surface area (Å²) in [6, 6.07) is 11.7. The lowest BCUT2D eigenvalue weighted by atomic mass is 9.90. The Morgan fingerprint density at radius 1 is 1.23 bits per heavy atom. The summed E-state index contributed by atoms with van der Waals surface area (Å²) in [5.74, 6) is 0.743. The van der Waals surface area contributed by atoms with Gasteiger partial charge in [0.25, 0.3) is 0 Å². The van der Waals surface area contributed by atoms with E-state index < -0.39 is 5.97 Å². The fourth-order valence-corrected chi connectivity index (χ4v) is 2.97. The first-order valence-electron chi connectivity index (χ1n) is 7.49. The Morgan fingerprint density at radius 2 is 2.00 bits per heavy atom. The number of aromatic nitrogens is 2. The van der Waals surface area contributed by atoms with Gasteiger partial charge in [-0.2, -0.15) is 0 Å². The number of carboxylic acids is 1. The van der Waals surface area contributed by atoms with Gasteiger partial charge in [0.2, 0.25) is 0 Å². The molecule has 5 heteroatoms. The molecule has 2 heterocycles. The minimum Gasteiger partial charge on any atom is -0.481 e. The highest BCUT2D eigenvalue weighted by Crippen LogP contribution is 2.26. The van der Waals surface area contributed by atoms with Gasteiger partial charge in [0, 0.05) is 24.8 Å². The molecular formula is C17H19N3O2. The van der Waals surface area contributed by atoms with Crippen LogP contribution in [0.4, 0.5) is 5.82 Å². The Hall–Kier alpha value is -2.43. The van der Waals surface area contributed by atoms with Crippen molar-refractivity contribution in [3.05, 3.63) is 42.6 Å². The van der Waals surface area contributed by atoms with Gasteiger partial charge in [-0.3, -0.25) is 4.79 Å². The molecule has 1 aliphatic rings. The van der Waals surface area contributed by atoms with Crippen molar-refractivity contribution in [2.45, 2.75) is 13.3 Å². The molecule has 1 fully saturated rings. The summed E-state index contributed by atoms with van der Waals surface area (Å²) in [6.45, 7) is 3.42. The highest BCUT2D eigenvalue weighted by atomic mass is 16.4. The van der Waals surface area contributed by atoms with Crippen molar-refractivity contribution >= 4 is 11.8 Å². The van der Waals surface area contributed by atoms with E-state index in [2.05, 4.69) is 21.8 Å². The second-order valence-electron chi connectivity index (χ2n) is 5.89. The van der Waals surface area contributed by atoms with Gasteiger partial charge in [-0.05, 0) is 18.4 Å². The Morgan fingerprint density at radius 3 is 2.73 bits per heavy atom. The van der Waals surface area contributed by atoms with Crippen LogP contribution in [0.25, 0.3) is 11.4 Å². The molecule has 3 rings (SSSR count). The first kappa shape index (κ1) is 14.5. The molecule has 1 aliphatic heterocycles. The van der Waals surface area contributed by atoms with E-state index in [0.29, 0.717) is 18.3 Å². The number of nitrogens with zero attached hydrogens (tertiary/aromatic N) is 3. The first-order valence-corrected chi connectivity index (χ1v) is 7.49. The third kappa shape index (κ3) is 3.08. The average molecular weight is 297 g/mol. The van der Waals surface area contributed by atoms with Crippen LogP contribution in [0.5, 0.6) is 0 Å². The number of rotatable bonds is 3. The molecule has 0 radical (unpaired) electrons. The maximum atomic E-state index is 11.3. The third-order valence-corrected chi connectivity index (χ3v) is 4.01. The van der Waals surface area contributed by atoms with E-state index in [1.807, 2.05) is 36.4 Å². The maximum Gasteiger partial charge on any atom is 0.308 e. The topological polar surface area (TPSA) is 66.3 Å². The van der Waals surface area contributed by atoms with Crippen LogP contribution < -0.4 is 4.90 Å². The number of aliphatic carboxylic acids is 1. The largest absolute Gasteiger partial charge is 0.481 e. The van der Waals surface area contributed by atoms with E-state index in [4.69, 9.17) is 0 Å². The van der Waals surface area contributed by atoms with Gasteiger partial charge in [0.15, 0.2) is 5.82 Å². The van der Waals surface area contributed by atoms with Gasteiger partial charge < -0.3 is 10.0 Å². The minimum absolute atomic E-state index is 0.334. The van der Waals surface area contributed by atoms with Crippen LogP contribution in [0.15, 0.2) is 42.6 Å². The zero-order valence-electron chi connectivity index (χ0n) is 12.5. The van der Waals surface area contributed by atoms with Crippen LogP contribution in [0.2, 0.25) is 0 Å². The Balaban J connectivity index is 1.87. The number of piperidine rings is 1. The number of anilines is 1. The Labute approximate surface area is 129 Å². The average Bonchev–Trinajstić information content (AvgIpc) is 2.55. The molecule has 1 aromatic carbocycles. The Bertz CT molecular complexity index is 660. The normalized spacial score (nSPS) is 21.6. The van der Waals surface area contributed by atoms with E-state index >= 15 is 0 Å². The van der Waals surface area contributed by atoms with E-state index in [0.717, 1.165) is 24.3 Å². The van der Waals surface area contributed by atoms with Crippen molar-refractivity contribution in [3.8, 4) is 11.4 Å². The van der Waals surface area contributed by atoms with Crippen molar-refractivity contribution in [1.29, 1.82) is 0 Å². The van der Waals surface area contributed by atoms with Gasteiger partial charge in [0.05, 0.1) is 5.92 Å². The molecular weight excluding hydrogens is 278 g/mol. The molecule has 0 aliphatic carbocycles. The maximum absolute atomic E-state index is 11.3. The molecule has 0 amide bonds. The van der Waals surface area contributed by atoms with Gasteiger partial charge in [-0.25, -0.2) is 9.97 Å². The van der Waals surface area contributed by atoms with Crippen molar-refractivity contribution in [1.82, 2.24) is 9.97 Å². The van der Waals surface area contributed by atoms with Crippen molar-refractivity contribution in [2.75, 3.05) is 18.0 Å². The zero-order chi connectivity index (χ0) is 15.5. The van der Waals surface area contributed by atoms with E-state index in [-0.39, 0.29) is 5.92 Å². The molecule has 2 aromatic rings. The van der Waals surface area contributed by atoms with Crippen LogP contribution in [0, 0.1) is 11.8 Å². The second-order valence-corrected chi connectivity index (χ2v) is 5.89. The van der Waals surface area contributed by atoms with Gasteiger partial charge in [-0.1, -0.05) is 37.3 Å². The van der Waals surface area contributed by atoms with E-state index in [9.17, 15) is 9.90 Å². The zero-order valence-corrected chi connectivity index (χ0v) is 12.5. The van der Waals surface area contributed by atoms with E-state index in [1.165, 1.54) is 0 Å². The molecule has 2 unspecified atom stereocenters. The molecule has 22 heavy (non-hydrogen) atoms. The summed E-state index contributed by atoms with van der Waals surface area (Å²) >= 11 is 0. The lowest BCUT2D eigenvalue weighted by Crippen LogP contribution is -2.43. The number of benzene rings is 1. The van der Waals surface area contributed by atoms with E-state index in [1.54, 1.807) is 6.20 Å². The number of carbonyl (C=O) groups is 1. The standard InChI is InChI=1S/C17H19N3O2/c1-12-9-14(17(21)22)11-20(10-12)15-7-8-18-16(19-15)13-5-3-2-4-6-13/h2-8,12,14H,9-11H2,1H3,(H,21,22). The van der Waals surface area contributed by atoms with Crippen LogP contribution >= 0.6 is 0 Å². The predicted octanol–water partition coefficient (Wildman–Crippen LogP) is 2.69. The molecule has 0 bridgehead atoms. The molecule has 1 N–H and O–H groups in total. The SMILES string of the molecule is CC1CC(C(=O)O)CN(c2ccnc(-c3ccccc3)n2)C1. The van der Waals surface area contributed by atoms with Gasteiger partial charge >= 0.3 is 5.97 Å². The fourth-order valence-electron chi connectivity index (χ4n) is 2.97. The lowest BCUT2D eigenvalue weighted by Gasteiger charge is -2.35. The predicted molar refractivity (Wildman–Crippen MR) is 84.6 cm³/mol. The summed E-state index contributed by atoms with van der Waals surface area (Å²) in [5.41, 5.74) is 0.962. The summed E-state index contributed by atoms with van der Waals surface area (Å²) in [6.07, 6.45) is 2.46. The minimum atomic E-state index is -0.728. The quantitative estimate of drug-likeness (QED) is 0.943. The molecule has 2 atom stereocenters. The molecule has 0 saturated carbocycles. The van der Waals surface area contributed by atoms with Crippen LogP contribution in [-0.2, 0) is 4.79 Å². The Kier molecular flexibility index (Phi) is 4.04. The number of carboxylic acid groups (broad SMARTS) is 1. The number of hydrogen-bond acceptors (Lipinski definition) is 4.